The summed E-state index contributed by atoms with van der Waals surface area (Å²) in [5.74, 6) is 1.54. The topological polar surface area (TPSA) is 70.7 Å². The van der Waals surface area contributed by atoms with E-state index in [0.29, 0.717) is 12.5 Å². The van der Waals surface area contributed by atoms with Crippen molar-refractivity contribution < 1.29 is 4.79 Å². The number of rotatable bonds is 4. The van der Waals surface area contributed by atoms with Crippen LogP contribution >= 0.6 is 0 Å². The van der Waals surface area contributed by atoms with Gasteiger partial charge in [0.2, 0.25) is 5.82 Å². The third kappa shape index (κ3) is 2.26. The summed E-state index contributed by atoms with van der Waals surface area (Å²) in [6, 6.07) is 0. The summed E-state index contributed by atoms with van der Waals surface area (Å²) < 4.78 is 0. The van der Waals surface area contributed by atoms with Crippen LogP contribution in [0, 0.1) is 16.7 Å². The van der Waals surface area contributed by atoms with Gasteiger partial charge in [0.15, 0.2) is 0 Å². The standard InChI is InChI=1S/C14H24N4O/c1-8(2)10-16-11(18-17-10)12(19)15-7-9-13(3,4)14(9,5)6/h8-9H,7H2,1-6H3,(H,15,19)(H,16,17,18). The lowest BCUT2D eigenvalue weighted by molar-refractivity contribution is 0.0940. The van der Waals surface area contributed by atoms with Gasteiger partial charge in [-0.2, -0.15) is 0 Å². The van der Waals surface area contributed by atoms with Crippen LogP contribution in [0.25, 0.3) is 0 Å². The van der Waals surface area contributed by atoms with E-state index in [1.807, 2.05) is 13.8 Å². The minimum Gasteiger partial charge on any atom is -0.349 e. The van der Waals surface area contributed by atoms with Crippen molar-refractivity contribution in [3.05, 3.63) is 11.6 Å². The number of hydrogen-bond acceptors (Lipinski definition) is 3. The average molecular weight is 264 g/mol. The van der Waals surface area contributed by atoms with Gasteiger partial charge in [-0.15, -0.1) is 5.10 Å². The van der Waals surface area contributed by atoms with Gasteiger partial charge in [-0.1, -0.05) is 41.5 Å². The van der Waals surface area contributed by atoms with Crippen LogP contribution in [0.1, 0.15) is 63.9 Å². The number of carbonyl (C=O) groups is 1. The van der Waals surface area contributed by atoms with Gasteiger partial charge in [-0.3, -0.25) is 9.89 Å². The Morgan fingerprint density at radius 2 is 1.89 bits per heavy atom. The zero-order valence-electron chi connectivity index (χ0n) is 12.7. The number of amides is 1. The first kappa shape index (κ1) is 14.0. The third-order valence-corrected chi connectivity index (χ3v) is 5.04. The molecule has 106 valence electrons. The summed E-state index contributed by atoms with van der Waals surface area (Å²) in [4.78, 5) is 16.2. The molecule has 5 nitrogen and oxygen atoms in total. The van der Waals surface area contributed by atoms with Crippen LogP contribution in [0.3, 0.4) is 0 Å². The van der Waals surface area contributed by atoms with Crippen molar-refractivity contribution in [1.82, 2.24) is 20.5 Å². The molecule has 0 saturated heterocycles. The predicted molar refractivity (Wildman–Crippen MR) is 73.9 cm³/mol. The number of carbonyl (C=O) groups excluding carboxylic acids is 1. The molecule has 1 saturated carbocycles. The van der Waals surface area contributed by atoms with Crippen molar-refractivity contribution in [3.63, 3.8) is 0 Å². The van der Waals surface area contributed by atoms with Gasteiger partial charge >= 0.3 is 0 Å². The van der Waals surface area contributed by atoms with E-state index in [0.717, 1.165) is 5.82 Å². The smallest absolute Gasteiger partial charge is 0.290 e. The lowest BCUT2D eigenvalue weighted by Crippen LogP contribution is -2.28. The van der Waals surface area contributed by atoms with Gasteiger partial charge in [0, 0.05) is 12.5 Å². The second kappa shape index (κ2) is 4.32. The number of H-pyrrole nitrogens is 1. The summed E-state index contributed by atoms with van der Waals surface area (Å²) in [7, 11) is 0. The zero-order chi connectivity index (χ0) is 14.4. The van der Waals surface area contributed by atoms with Crippen molar-refractivity contribution >= 4 is 5.91 Å². The van der Waals surface area contributed by atoms with Gasteiger partial charge in [0.1, 0.15) is 5.82 Å². The molecule has 2 rings (SSSR count). The molecule has 0 spiro atoms. The third-order valence-electron chi connectivity index (χ3n) is 5.04. The van der Waals surface area contributed by atoms with Gasteiger partial charge < -0.3 is 5.32 Å². The Bertz CT molecular complexity index is 473. The van der Waals surface area contributed by atoms with Crippen LogP contribution in [-0.4, -0.2) is 27.6 Å². The van der Waals surface area contributed by atoms with E-state index in [9.17, 15) is 4.79 Å². The summed E-state index contributed by atoms with van der Waals surface area (Å²) in [6.07, 6.45) is 0. The van der Waals surface area contributed by atoms with E-state index in [1.165, 1.54) is 0 Å². The molecule has 1 heterocycles. The lowest BCUT2D eigenvalue weighted by Gasteiger charge is -2.04. The molecule has 1 aromatic rings. The number of aromatic nitrogens is 3. The molecule has 2 N–H and O–H groups in total. The molecule has 0 atom stereocenters. The largest absolute Gasteiger partial charge is 0.349 e. The van der Waals surface area contributed by atoms with E-state index in [-0.39, 0.29) is 28.5 Å². The molecule has 1 aliphatic carbocycles. The number of nitrogens with zero attached hydrogens (tertiary/aromatic N) is 2. The van der Waals surface area contributed by atoms with E-state index in [2.05, 4.69) is 48.2 Å². The van der Waals surface area contributed by atoms with Crippen LogP contribution in [0.15, 0.2) is 0 Å². The van der Waals surface area contributed by atoms with Crippen LogP contribution in [0.4, 0.5) is 0 Å². The Morgan fingerprint density at radius 3 is 2.32 bits per heavy atom. The van der Waals surface area contributed by atoms with Gasteiger partial charge in [0.25, 0.3) is 5.91 Å². The maximum atomic E-state index is 12.0. The average Bonchev–Trinajstić information content (AvgIpc) is 2.72. The van der Waals surface area contributed by atoms with Crippen LogP contribution < -0.4 is 5.32 Å². The van der Waals surface area contributed by atoms with Crippen molar-refractivity contribution in [2.75, 3.05) is 6.54 Å². The molecule has 1 aliphatic rings. The molecule has 0 radical (unpaired) electrons. The molecular weight excluding hydrogens is 240 g/mol. The number of nitrogens with one attached hydrogen (secondary N) is 2. The molecule has 1 amide bonds. The predicted octanol–water partition coefficient (Wildman–Crippen LogP) is 2.34. The van der Waals surface area contributed by atoms with Crippen molar-refractivity contribution in [3.8, 4) is 0 Å². The molecule has 0 unspecified atom stereocenters. The SMILES string of the molecule is CC(C)c1nc(C(=O)NCC2C(C)(C)C2(C)C)n[nH]1. The van der Waals surface area contributed by atoms with E-state index in [1.54, 1.807) is 0 Å². The van der Waals surface area contributed by atoms with Gasteiger partial charge in [0.05, 0.1) is 0 Å². The first-order valence-electron chi connectivity index (χ1n) is 6.88. The summed E-state index contributed by atoms with van der Waals surface area (Å²) in [5.41, 5.74) is 0.560. The molecule has 0 aromatic carbocycles. The van der Waals surface area contributed by atoms with Crippen LogP contribution in [-0.2, 0) is 0 Å². The molecule has 19 heavy (non-hydrogen) atoms. The lowest BCUT2D eigenvalue weighted by atomic mass is 10.0. The maximum Gasteiger partial charge on any atom is 0.290 e. The van der Waals surface area contributed by atoms with Crippen molar-refractivity contribution in [1.29, 1.82) is 0 Å². The highest BCUT2D eigenvalue weighted by atomic mass is 16.2. The normalized spacial score (nSPS) is 20.6. The molecule has 0 bridgehead atoms. The molecule has 5 heteroatoms. The minimum atomic E-state index is -0.193. The summed E-state index contributed by atoms with van der Waals surface area (Å²) in [6.45, 7) is 13.7. The van der Waals surface area contributed by atoms with E-state index in [4.69, 9.17) is 0 Å². The quantitative estimate of drug-likeness (QED) is 0.877. The fourth-order valence-corrected chi connectivity index (χ4v) is 2.75. The van der Waals surface area contributed by atoms with Crippen molar-refractivity contribution in [2.45, 2.75) is 47.5 Å². The Labute approximate surface area is 114 Å². The monoisotopic (exact) mass is 264 g/mol. The highest BCUT2D eigenvalue weighted by molar-refractivity contribution is 5.90. The molecular formula is C14H24N4O. The molecule has 1 fully saturated rings. The van der Waals surface area contributed by atoms with Gasteiger partial charge in [-0.25, -0.2) is 4.98 Å². The van der Waals surface area contributed by atoms with Crippen molar-refractivity contribution in [2.24, 2.45) is 16.7 Å². The Hall–Kier alpha value is -1.39. The zero-order valence-corrected chi connectivity index (χ0v) is 12.7. The molecule has 1 aromatic heterocycles. The van der Waals surface area contributed by atoms with Crippen LogP contribution in [0.2, 0.25) is 0 Å². The van der Waals surface area contributed by atoms with Gasteiger partial charge in [-0.05, 0) is 16.7 Å². The summed E-state index contributed by atoms with van der Waals surface area (Å²) in [5, 5.41) is 9.70. The molecule has 0 aliphatic heterocycles. The highest BCUT2D eigenvalue weighted by Crippen LogP contribution is 2.67. The van der Waals surface area contributed by atoms with E-state index >= 15 is 0 Å². The highest BCUT2D eigenvalue weighted by Gasteiger charge is 2.64. The number of hydrogen-bond donors (Lipinski definition) is 2. The van der Waals surface area contributed by atoms with E-state index < -0.39 is 0 Å². The Balaban J connectivity index is 1.92. The fraction of sp³-hybridized carbons (Fsp3) is 0.786. The Kier molecular flexibility index (Phi) is 3.19. The summed E-state index contributed by atoms with van der Waals surface area (Å²) >= 11 is 0. The first-order chi connectivity index (χ1) is 8.68. The second-order valence-corrected chi connectivity index (χ2v) is 6.90. The Morgan fingerprint density at radius 1 is 1.32 bits per heavy atom. The number of aromatic amines is 1. The first-order valence-corrected chi connectivity index (χ1v) is 6.88. The fourth-order valence-electron chi connectivity index (χ4n) is 2.75. The maximum absolute atomic E-state index is 12.0. The minimum absolute atomic E-state index is 0.193. The second-order valence-electron chi connectivity index (χ2n) is 6.90. The van der Waals surface area contributed by atoms with Crippen LogP contribution in [0.5, 0.6) is 0 Å².